The summed E-state index contributed by atoms with van der Waals surface area (Å²) < 4.78 is 22.0. The highest BCUT2D eigenvalue weighted by Crippen LogP contribution is 2.41. The van der Waals surface area contributed by atoms with Crippen molar-refractivity contribution < 1.29 is 33.3 Å². The van der Waals surface area contributed by atoms with Crippen LogP contribution in [0.2, 0.25) is 10.0 Å². The molecule has 0 bridgehead atoms. The van der Waals surface area contributed by atoms with Gasteiger partial charge in [0.1, 0.15) is 30.4 Å². The van der Waals surface area contributed by atoms with Crippen molar-refractivity contribution in [2.24, 2.45) is 5.92 Å². The van der Waals surface area contributed by atoms with Crippen molar-refractivity contribution in [3.05, 3.63) is 28.2 Å². The summed E-state index contributed by atoms with van der Waals surface area (Å²) in [5, 5.41) is 0.940. The van der Waals surface area contributed by atoms with Crippen LogP contribution < -0.4 is 0 Å². The van der Waals surface area contributed by atoms with Crippen LogP contribution in [-0.4, -0.2) is 48.3 Å². The zero-order chi connectivity index (χ0) is 21.7. The maximum atomic E-state index is 11.7. The van der Waals surface area contributed by atoms with E-state index in [4.69, 9.17) is 42.1 Å². The van der Waals surface area contributed by atoms with Gasteiger partial charge in [-0.1, -0.05) is 41.9 Å². The van der Waals surface area contributed by atoms with Gasteiger partial charge in [-0.2, -0.15) is 0 Å². The Morgan fingerprint density at radius 2 is 1.66 bits per heavy atom. The molecular formula is C19H22Cl2O7S. The number of benzene rings is 1. The topological polar surface area (TPSA) is 88.1 Å². The molecule has 1 fully saturated rings. The van der Waals surface area contributed by atoms with Gasteiger partial charge in [-0.15, -0.1) is 0 Å². The Morgan fingerprint density at radius 3 is 2.24 bits per heavy atom. The molecule has 0 saturated carbocycles. The first-order valence-corrected chi connectivity index (χ1v) is 10.5. The maximum absolute atomic E-state index is 11.7. The summed E-state index contributed by atoms with van der Waals surface area (Å²) in [6.07, 6.45) is -2.27. The minimum atomic E-state index is -0.775. The Kier molecular flexibility index (Phi) is 8.63. The average Bonchev–Trinajstić information content (AvgIpc) is 2.61. The monoisotopic (exact) mass is 464 g/mol. The molecule has 1 aromatic carbocycles. The van der Waals surface area contributed by atoms with Gasteiger partial charge < -0.3 is 18.9 Å². The molecule has 0 spiro atoms. The number of carbonyl (C=O) groups excluding carboxylic acids is 3. The van der Waals surface area contributed by atoms with E-state index in [1.165, 1.54) is 32.5 Å². The largest absolute Gasteiger partial charge is 0.463 e. The van der Waals surface area contributed by atoms with Gasteiger partial charge in [-0.3, -0.25) is 14.4 Å². The summed E-state index contributed by atoms with van der Waals surface area (Å²) in [5.74, 6) is -1.96. The van der Waals surface area contributed by atoms with Gasteiger partial charge in [0.2, 0.25) is 0 Å². The lowest BCUT2D eigenvalue weighted by atomic mass is 9.91. The van der Waals surface area contributed by atoms with E-state index in [1.54, 1.807) is 25.1 Å². The second-order valence-electron chi connectivity index (χ2n) is 6.55. The summed E-state index contributed by atoms with van der Waals surface area (Å²) in [6.45, 7) is 5.48. The third kappa shape index (κ3) is 6.77. The molecule has 2 rings (SSSR count). The molecule has 1 aliphatic heterocycles. The molecule has 160 valence electrons. The van der Waals surface area contributed by atoms with E-state index in [2.05, 4.69) is 0 Å². The molecule has 1 aliphatic rings. The van der Waals surface area contributed by atoms with Crippen LogP contribution >= 0.6 is 35.0 Å². The summed E-state index contributed by atoms with van der Waals surface area (Å²) in [5.41, 5.74) is -0.697. The Morgan fingerprint density at radius 1 is 1.03 bits per heavy atom. The van der Waals surface area contributed by atoms with Crippen LogP contribution in [0.15, 0.2) is 23.1 Å². The number of halogens is 2. The number of rotatable bonds is 6. The molecule has 0 aliphatic carbocycles. The van der Waals surface area contributed by atoms with Crippen molar-refractivity contribution >= 4 is 52.9 Å². The molecule has 5 atom stereocenters. The van der Waals surface area contributed by atoms with Gasteiger partial charge in [0.15, 0.2) is 0 Å². The lowest BCUT2D eigenvalue weighted by molar-refractivity contribution is -0.212. The van der Waals surface area contributed by atoms with Crippen molar-refractivity contribution in [1.82, 2.24) is 0 Å². The van der Waals surface area contributed by atoms with Crippen LogP contribution in [0.1, 0.15) is 27.7 Å². The quantitative estimate of drug-likeness (QED) is 0.462. The zero-order valence-electron chi connectivity index (χ0n) is 16.3. The van der Waals surface area contributed by atoms with E-state index in [0.717, 1.165) is 0 Å². The third-order valence-electron chi connectivity index (χ3n) is 4.17. The zero-order valence-corrected chi connectivity index (χ0v) is 18.7. The van der Waals surface area contributed by atoms with Crippen molar-refractivity contribution in [1.29, 1.82) is 0 Å². The molecule has 1 aromatic rings. The standard InChI is InChI=1S/C19H22Cl2O7S/c1-9-17(26-11(3)23)15(8-25-10(2)22)28-19(18(9)27-12(4)24)29-16-7-13(20)5-6-14(16)21/h5-7,9,15,17-19H,8H2,1-4H3/t9?,15?,17-,18?,19-/m1/s1. The first-order valence-electron chi connectivity index (χ1n) is 8.83. The van der Waals surface area contributed by atoms with Crippen molar-refractivity contribution in [2.45, 2.75) is 56.3 Å². The number of thioether (sulfide) groups is 1. The Labute approximate surface area is 183 Å². The SMILES string of the molecule is CC(=O)OCC1O[C@H](Sc2cc(Cl)ccc2Cl)C(OC(C)=O)C(C)[C@H]1OC(C)=O. The molecule has 0 aromatic heterocycles. The van der Waals surface area contributed by atoms with E-state index >= 15 is 0 Å². The van der Waals surface area contributed by atoms with Gasteiger partial charge in [0, 0.05) is 36.6 Å². The van der Waals surface area contributed by atoms with Gasteiger partial charge in [-0.25, -0.2) is 0 Å². The van der Waals surface area contributed by atoms with Crippen LogP contribution in [0.4, 0.5) is 0 Å². The normalized spacial score (nSPS) is 26.5. The first kappa shape index (κ1) is 23.8. The predicted octanol–water partition coefficient (Wildman–Crippen LogP) is 3.87. The Bertz CT molecular complexity index is 771. The third-order valence-corrected chi connectivity index (χ3v) is 6.05. The van der Waals surface area contributed by atoms with Crippen molar-refractivity contribution in [3.63, 3.8) is 0 Å². The van der Waals surface area contributed by atoms with Crippen molar-refractivity contribution in [3.8, 4) is 0 Å². The predicted molar refractivity (Wildman–Crippen MR) is 108 cm³/mol. The fourth-order valence-corrected chi connectivity index (χ4v) is 4.70. The van der Waals surface area contributed by atoms with E-state index in [-0.39, 0.29) is 6.61 Å². The first-order chi connectivity index (χ1) is 13.6. The highest BCUT2D eigenvalue weighted by molar-refractivity contribution is 8.00. The van der Waals surface area contributed by atoms with Crippen LogP contribution in [0.3, 0.4) is 0 Å². The molecule has 10 heteroatoms. The summed E-state index contributed by atoms with van der Waals surface area (Å²) >= 11 is 13.5. The highest BCUT2D eigenvalue weighted by Gasteiger charge is 2.48. The second-order valence-corrected chi connectivity index (χ2v) is 8.53. The van der Waals surface area contributed by atoms with Crippen LogP contribution in [0, 0.1) is 5.92 Å². The summed E-state index contributed by atoms with van der Waals surface area (Å²) in [6, 6.07) is 4.98. The van der Waals surface area contributed by atoms with E-state index < -0.39 is 47.6 Å². The molecule has 0 radical (unpaired) electrons. The highest BCUT2D eigenvalue weighted by atomic mass is 35.5. The van der Waals surface area contributed by atoms with Crippen LogP contribution in [-0.2, 0) is 33.3 Å². The number of hydrogen-bond donors (Lipinski definition) is 0. The fraction of sp³-hybridized carbons (Fsp3) is 0.526. The minimum Gasteiger partial charge on any atom is -0.463 e. The Hall–Kier alpha value is -1.48. The maximum Gasteiger partial charge on any atom is 0.303 e. The molecular weight excluding hydrogens is 443 g/mol. The summed E-state index contributed by atoms with van der Waals surface area (Å²) in [7, 11) is 0. The molecule has 1 heterocycles. The second kappa shape index (κ2) is 10.5. The molecule has 0 N–H and O–H groups in total. The molecule has 1 saturated heterocycles. The lowest BCUT2D eigenvalue weighted by Gasteiger charge is -2.43. The van der Waals surface area contributed by atoms with Gasteiger partial charge in [0.25, 0.3) is 0 Å². The smallest absolute Gasteiger partial charge is 0.303 e. The molecule has 3 unspecified atom stereocenters. The number of hydrogen-bond acceptors (Lipinski definition) is 8. The van der Waals surface area contributed by atoms with E-state index in [1.807, 2.05) is 0 Å². The lowest BCUT2D eigenvalue weighted by Crippen LogP contribution is -2.56. The molecule has 7 nitrogen and oxygen atoms in total. The fourth-order valence-electron chi connectivity index (χ4n) is 2.95. The van der Waals surface area contributed by atoms with Gasteiger partial charge in [0.05, 0.1) is 5.02 Å². The average molecular weight is 465 g/mol. The van der Waals surface area contributed by atoms with Crippen molar-refractivity contribution in [2.75, 3.05) is 6.61 Å². The van der Waals surface area contributed by atoms with E-state index in [9.17, 15) is 14.4 Å². The van der Waals surface area contributed by atoms with E-state index in [0.29, 0.717) is 14.9 Å². The minimum absolute atomic E-state index is 0.120. The molecule has 0 amide bonds. The number of ether oxygens (including phenoxy) is 4. The Balaban J connectivity index is 2.34. The van der Waals surface area contributed by atoms with Gasteiger partial charge >= 0.3 is 17.9 Å². The summed E-state index contributed by atoms with van der Waals surface area (Å²) in [4.78, 5) is 35.2. The van der Waals surface area contributed by atoms with Crippen LogP contribution in [0.25, 0.3) is 0 Å². The van der Waals surface area contributed by atoms with Gasteiger partial charge in [-0.05, 0) is 18.2 Å². The number of carbonyl (C=O) groups is 3. The molecule has 29 heavy (non-hydrogen) atoms. The van der Waals surface area contributed by atoms with Crippen LogP contribution in [0.5, 0.6) is 0 Å². The number of esters is 3.